The van der Waals surface area contributed by atoms with Gasteiger partial charge in [0.1, 0.15) is 0 Å². The van der Waals surface area contributed by atoms with Gasteiger partial charge in [0.05, 0.1) is 12.0 Å². The molecule has 1 heterocycles. The van der Waals surface area contributed by atoms with Gasteiger partial charge >= 0.3 is 6.18 Å². The van der Waals surface area contributed by atoms with Gasteiger partial charge in [-0.15, -0.1) is 0 Å². The standard InChI is InChI=1S/C15H26F3NO/c1-19-14(9-8-13-3-2-10-20-13)11-4-6-12(7-5-11)15(16,17)18/h11-14,19H,2-10H2,1H3. The molecule has 2 rings (SSSR count). The predicted octanol–water partition coefficient (Wildman–Crippen LogP) is 3.90. The summed E-state index contributed by atoms with van der Waals surface area (Å²) in [6.07, 6.45) is 2.69. The lowest BCUT2D eigenvalue weighted by molar-refractivity contribution is -0.184. The van der Waals surface area contributed by atoms with E-state index in [2.05, 4.69) is 5.32 Å². The quantitative estimate of drug-likeness (QED) is 0.830. The molecule has 5 heteroatoms. The SMILES string of the molecule is CNC(CCC1CCCO1)C1CCC(C(F)(F)F)CC1. The highest BCUT2D eigenvalue weighted by Gasteiger charge is 2.42. The Morgan fingerprint density at radius 3 is 2.35 bits per heavy atom. The van der Waals surface area contributed by atoms with Gasteiger partial charge in [-0.3, -0.25) is 0 Å². The van der Waals surface area contributed by atoms with E-state index in [0.717, 1.165) is 32.3 Å². The van der Waals surface area contributed by atoms with Crippen LogP contribution in [0, 0.1) is 11.8 Å². The second-order valence-corrected chi connectivity index (χ2v) is 6.26. The van der Waals surface area contributed by atoms with E-state index >= 15 is 0 Å². The van der Waals surface area contributed by atoms with Crippen molar-refractivity contribution in [3.05, 3.63) is 0 Å². The van der Waals surface area contributed by atoms with Crippen molar-refractivity contribution in [2.75, 3.05) is 13.7 Å². The third-order valence-electron chi connectivity index (χ3n) is 5.00. The number of rotatable bonds is 5. The van der Waals surface area contributed by atoms with Gasteiger partial charge in [-0.1, -0.05) is 0 Å². The minimum atomic E-state index is -4.00. The van der Waals surface area contributed by atoms with E-state index in [1.54, 1.807) is 0 Å². The lowest BCUT2D eigenvalue weighted by atomic mass is 9.77. The average Bonchev–Trinajstić information content (AvgIpc) is 2.92. The molecular weight excluding hydrogens is 267 g/mol. The van der Waals surface area contributed by atoms with Crippen molar-refractivity contribution in [1.29, 1.82) is 0 Å². The van der Waals surface area contributed by atoms with Crippen molar-refractivity contribution in [2.45, 2.75) is 69.7 Å². The maximum absolute atomic E-state index is 12.7. The monoisotopic (exact) mass is 293 g/mol. The first kappa shape index (κ1) is 16.1. The molecule has 0 radical (unpaired) electrons. The lowest BCUT2D eigenvalue weighted by Gasteiger charge is -2.34. The lowest BCUT2D eigenvalue weighted by Crippen LogP contribution is -2.38. The summed E-state index contributed by atoms with van der Waals surface area (Å²) in [6, 6.07) is 0.341. The molecule has 0 aromatic heterocycles. The zero-order valence-corrected chi connectivity index (χ0v) is 12.2. The molecule has 0 aromatic carbocycles. The van der Waals surface area contributed by atoms with Crippen LogP contribution in [-0.2, 0) is 4.74 Å². The van der Waals surface area contributed by atoms with Crippen molar-refractivity contribution in [3.8, 4) is 0 Å². The smallest absolute Gasteiger partial charge is 0.378 e. The van der Waals surface area contributed by atoms with E-state index in [1.807, 2.05) is 7.05 Å². The molecule has 1 N–H and O–H groups in total. The van der Waals surface area contributed by atoms with Gasteiger partial charge in [-0.2, -0.15) is 13.2 Å². The molecular formula is C15H26F3NO. The average molecular weight is 293 g/mol. The first-order valence-electron chi connectivity index (χ1n) is 7.86. The second kappa shape index (κ2) is 7.12. The largest absolute Gasteiger partial charge is 0.391 e. The molecule has 1 aliphatic heterocycles. The van der Waals surface area contributed by atoms with Crippen molar-refractivity contribution < 1.29 is 17.9 Å². The molecule has 2 atom stereocenters. The molecule has 2 nitrogen and oxygen atoms in total. The van der Waals surface area contributed by atoms with E-state index in [9.17, 15) is 13.2 Å². The van der Waals surface area contributed by atoms with Crippen LogP contribution in [0.5, 0.6) is 0 Å². The highest BCUT2D eigenvalue weighted by molar-refractivity contribution is 4.84. The molecule has 2 unspecified atom stereocenters. The highest BCUT2D eigenvalue weighted by atomic mass is 19.4. The number of alkyl halides is 3. The Balaban J connectivity index is 1.74. The highest BCUT2D eigenvalue weighted by Crippen LogP contribution is 2.41. The summed E-state index contributed by atoms with van der Waals surface area (Å²) in [7, 11) is 1.93. The number of nitrogens with one attached hydrogen (secondary N) is 1. The first-order valence-corrected chi connectivity index (χ1v) is 7.86. The summed E-state index contributed by atoms with van der Waals surface area (Å²) in [5, 5.41) is 3.31. The van der Waals surface area contributed by atoms with E-state index in [-0.39, 0.29) is 0 Å². The van der Waals surface area contributed by atoms with Crippen LogP contribution in [0.1, 0.15) is 51.4 Å². The molecule has 2 fully saturated rings. The summed E-state index contributed by atoms with van der Waals surface area (Å²) in [6.45, 7) is 0.867. The van der Waals surface area contributed by atoms with Crippen LogP contribution in [0.3, 0.4) is 0 Å². The fraction of sp³-hybridized carbons (Fsp3) is 1.00. The first-order chi connectivity index (χ1) is 9.50. The molecule has 1 saturated heterocycles. The number of ether oxygens (including phenoxy) is 1. The third-order valence-corrected chi connectivity index (χ3v) is 5.00. The number of hydrogen-bond donors (Lipinski definition) is 1. The Hall–Kier alpha value is -0.290. The van der Waals surface area contributed by atoms with Crippen LogP contribution in [-0.4, -0.2) is 32.0 Å². The van der Waals surface area contributed by atoms with Gasteiger partial charge in [-0.05, 0) is 64.3 Å². The van der Waals surface area contributed by atoms with Crippen molar-refractivity contribution in [2.24, 2.45) is 11.8 Å². The summed E-state index contributed by atoms with van der Waals surface area (Å²) in [5.41, 5.74) is 0. The molecule has 1 saturated carbocycles. The van der Waals surface area contributed by atoms with Crippen molar-refractivity contribution >= 4 is 0 Å². The molecule has 0 aromatic rings. The minimum Gasteiger partial charge on any atom is -0.378 e. The molecule has 0 bridgehead atoms. The Labute approximate surface area is 119 Å². The second-order valence-electron chi connectivity index (χ2n) is 6.26. The molecule has 0 amide bonds. The molecule has 20 heavy (non-hydrogen) atoms. The summed E-state index contributed by atoms with van der Waals surface area (Å²) in [4.78, 5) is 0. The van der Waals surface area contributed by atoms with Gasteiger partial charge in [0.25, 0.3) is 0 Å². The van der Waals surface area contributed by atoms with Crippen LogP contribution in [0.4, 0.5) is 13.2 Å². The van der Waals surface area contributed by atoms with Crippen LogP contribution in [0.25, 0.3) is 0 Å². The Bertz CT molecular complexity index is 281. The fourth-order valence-electron chi connectivity index (χ4n) is 3.70. The molecule has 1 aliphatic carbocycles. The Morgan fingerprint density at radius 2 is 1.85 bits per heavy atom. The third kappa shape index (κ3) is 4.35. The Kier molecular flexibility index (Phi) is 5.73. The van der Waals surface area contributed by atoms with Crippen LogP contribution in [0.2, 0.25) is 0 Å². The van der Waals surface area contributed by atoms with Gasteiger partial charge < -0.3 is 10.1 Å². The zero-order chi connectivity index (χ0) is 14.6. The zero-order valence-electron chi connectivity index (χ0n) is 12.2. The summed E-state index contributed by atoms with van der Waals surface area (Å²) < 4.78 is 43.6. The number of hydrogen-bond acceptors (Lipinski definition) is 2. The van der Waals surface area contributed by atoms with E-state index < -0.39 is 12.1 Å². The van der Waals surface area contributed by atoms with Crippen LogP contribution < -0.4 is 5.32 Å². The summed E-state index contributed by atoms with van der Waals surface area (Å²) in [5.74, 6) is -0.686. The fourth-order valence-corrected chi connectivity index (χ4v) is 3.70. The van der Waals surface area contributed by atoms with Gasteiger partial charge in [0.2, 0.25) is 0 Å². The molecule has 0 spiro atoms. The van der Waals surface area contributed by atoms with E-state index in [4.69, 9.17) is 4.74 Å². The van der Waals surface area contributed by atoms with Gasteiger partial charge in [-0.25, -0.2) is 0 Å². The normalized spacial score (nSPS) is 33.3. The van der Waals surface area contributed by atoms with Crippen LogP contribution >= 0.6 is 0 Å². The van der Waals surface area contributed by atoms with Crippen molar-refractivity contribution in [1.82, 2.24) is 5.32 Å². The minimum absolute atomic E-state index is 0.298. The van der Waals surface area contributed by atoms with E-state index in [1.165, 1.54) is 0 Å². The topological polar surface area (TPSA) is 21.3 Å². The predicted molar refractivity (Wildman–Crippen MR) is 72.6 cm³/mol. The molecule has 118 valence electrons. The summed E-state index contributed by atoms with van der Waals surface area (Å²) >= 11 is 0. The number of halogens is 3. The van der Waals surface area contributed by atoms with Crippen LogP contribution in [0.15, 0.2) is 0 Å². The van der Waals surface area contributed by atoms with Gasteiger partial charge in [0.15, 0.2) is 0 Å². The maximum atomic E-state index is 12.7. The van der Waals surface area contributed by atoms with E-state index in [0.29, 0.717) is 43.7 Å². The Morgan fingerprint density at radius 1 is 1.15 bits per heavy atom. The maximum Gasteiger partial charge on any atom is 0.391 e. The van der Waals surface area contributed by atoms with Gasteiger partial charge in [0, 0.05) is 12.6 Å². The molecule has 2 aliphatic rings. The van der Waals surface area contributed by atoms with Crippen molar-refractivity contribution in [3.63, 3.8) is 0 Å².